The number of nitrogens with one attached hydrogen (secondary N) is 1. The molecule has 2 aromatic rings. The van der Waals surface area contributed by atoms with Crippen molar-refractivity contribution in [3.05, 3.63) is 35.7 Å². The lowest BCUT2D eigenvalue weighted by Gasteiger charge is -2.33. The number of piperidine rings is 1. The molecule has 27 heavy (non-hydrogen) atoms. The number of hydrogen-bond donors (Lipinski definition) is 1. The van der Waals surface area contributed by atoms with Gasteiger partial charge in [-0.15, -0.1) is 0 Å². The molecular formula is C21H30N4O2. The number of aromatic nitrogens is 2. The third-order valence-corrected chi connectivity index (χ3v) is 5.52. The van der Waals surface area contributed by atoms with Gasteiger partial charge >= 0.3 is 0 Å². The maximum Gasteiger partial charge on any atom is 0.241 e. The SMILES string of the molecule is CCC(C)(C)NC(=O)C1CCN(Cc2nc(-c3ccccc3C)no2)CC1. The van der Waals surface area contributed by atoms with Gasteiger partial charge in [-0.2, -0.15) is 4.98 Å². The molecule has 0 aliphatic carbocycles. The maximum absolute atomic E-state index is 12.5. The van der Waals surface area contributed by atoms with Gasteiger partial charge in [0.25, 0.3) is 0 Å². The van der Waals surface area contributed by atoms with E-state index in [0.717, 1.165) is 43.5 Å². The molecule has 3 rings (SSSR count). The molecule has 6 heteroatoms. The molecular weight excluding hydrogens is 340 g/mol. The first-order valence-corrected chi connectivity index (χ1v) is 9.81. The number of amides is 1. The van der Waals surface area contributed by atoms with E-state index in [0.29, 0.717) is 18.3 Å². The van der Waals surface area contributed by atoms with Crippen molar-refractivity contribution in [1.29, 1.82) is 0 Å². The van der Waals surface area contributed by atoms with Crippen LogP contribution in [-0.2, 0) is 11.3 Å². The minimum absolute atomic E-state index is 0.0947. The fourth-order valence-corrected chi connectivity index (χ4v) is 3.32. The molecule has 1 aromatic heterocycles. The van der Waals surface area contributed by atoms with Gasteiger partial charge in [0.05, 0.1) is 6.54 Å². The highest BCUT2D eigenvalue weighted by atomic mass is 16.5. The summed E-state index contributed by atoms with van der Waals surface area (Å²) in [5.41, 5.74) is 2.00. The molecule has 1 fully saturated rings. The predicted octanol–water partition coefficient (Wildman–Crippen LogP) is 3.56. The van der Waals surface area contributed by atoms with Crippen molar-refractivity contribution in [1.82, 2.24) is 20.4 Å². The molecule has 1 N–H and O–H groups in total. The first kappa shape index (κ1) is 19.5. The highest BCUT2D eigenvalue weighted by Gasteiger charge is 2.28. The van der Waals surface area contributed by atoms with Crippen LogP contribution in [0.2, 0.25) is 0 Å². The van der Waals surface area contributed by atoms with Crippen LogP contribution in [0, 0.1) is 12.8 Å². The molecule has 6 nitrogen and oxygen atoms in total. The summed E-state index contributed by atoms with van der Waals surface area (Å²) in [7, 11) is 0. The topological polar surface area (TPSA) is 71.3 Å². The summed E-state index contributed by atoms with van der Waals surface area (Å²) in [6, 6.07) is 8.03. The monoisotopic (exact) mass is 370 g/mol. The van der Waals surface area contributed by atoms with Gasteiger partial charge in [-0.1, -0.05) is 36.3 Å². The van der Waals surface area contributed by atoms with Crippen molar-refractivity contribution in [2.75, 3.05) is 13.1 Å². The Hall–Kier alpha value is -2.21. The lowest BCUT2D eigenvalue weighted by atomic mass is 9.93. The summed E-state index contributed by atoms with van der Waals surface area (Å²) in [5, 5.41) is 7.30. The van der Waals surface area contributed by atoms with Crippen molar-refractivity contribution in [2.24, 2.45) is 5.92 Å². The summed E-state index contributed by atoms with van der Waals surface area (Å²) < 4.78 is 5.45. The number of nitrogens with zero attached hydrogens (tertiary/aromatic N) is 3. The molecule has 1 amide bonds. The van der Waals surface area contributed by atoms with Crippen LogP contribution in [0.1, 0.15) is 51.5 Å². The number of likely N-dealkylation sites (tertiary alicyclic amines) is 1. The van der Waals surface area contributed by atoms with E-state index in [1.165, 1.54) is 0 Å². The van der Waals surface area contributed by atoms with Crippen molar-refractivity contribution < 1.29 is 9.32 Å². The molecule has 2 heterocycles. The highest BCUT2D eigenvalue weighted by molar-refractivity contribution is 5.79. The zero-order valence-electron chi connectivity index (χ0n) is 16.8. The standard InChI is InChI=1S/C21H30N4O2/c1-5-21(3,4)23-20(26)16-10-12-25(13-11-16)14-18-22-19(24-27-18)17-9-7-6-8-15(17)2/h6-9,16H,5,10-14H2,1-4H3,(H,23,26). The number of benzene rings is 1. The van der Waals surface area contributed by atoms with E-state index in [1.807, 2.05) is 31.2 Å². The van der Waals surface area contributed by atoms with Crippen LogP contribution in [0.15, 0.2) is 28.8 Å². The lowest BCUT2D eigenvalue weighted by Crippen LogP contribution is -2.48. The normalized spacial score (nSPS) is 16.4. The minimum atomic E-state index is -0.135. The molecule has 1 aliphatic rings. The zero-order chi connectivity index (χ0) is 19.4. The summed E-state index contributed by atoms with van der Waals surface area (Å²) in [6.07, 6.45) is 2.66. The van der Waals surface area contributed by atoms with Gasteiger partial charge in [0.15, 0.2) is 0 Å². The van der Waals surface area contributed by atoms with Crippen molar-refractivity contribution in [3.63, 3.8) is 0 Å². The van der Waals surface area contributed by atoms with E-state index in [4.69, 9.17) is 4.52 Å². The number of carbonyl (C=O) groups excluding carboxylic acids is 1. The molecule has 0 unspecified atom stereocenters. The molecule has 1 aliphatic heterocycles. The van der Waals surface area contributed by atoms with Crippen LogP contribution in [-0.4, -0.2) is 39.6 Å². The smallest absolute Gasteiger partial charge is 0.241 e. The summed E-state index contributed by atoms with van der Waals surface area (Å²) in [4.78, 5) is 19.3. The van der Waals surface area contributed by atoms with Gasteiger partial charge in [0, 0.05) is 17.0 Å². The van der Waals surface area contributed by atoms with E-state index in [1.54, 1.807) is 0 Å². The Morgan fingerprint density at radius 2 is 2.00 bits per heavy atom. The second kappa shape index (κ2) is 8.21. The zero-order valence-corrected chi connectivity index (χ0v) is 16.8. The fraction of sp³-hybridized carbons (Fsp3) is 0.571. The van der Waals surface area contributed by atoms with Gasteiger partial charge in [-0.05, 0) is 58.7 Å². The minimum Gasteiger partial charge on any atom is -0.351 e. The molecule has 146 valence electrons. The van der Waals surface area contributed by atoms with Gasteiger partial charge in [-0.25, -0.2) is 0 Å². The van der Waals surface area contributed by atoms with Crippen LogP contribution in [0.5, 0.6) is 0 Å². The first-order valence-electron chi connectivity index (χ1n) is 9.81. The largest absolute Gasteiger partial charge is 0.351 e. The Balaban J connectivity index is 1.53. The van der Waals surface area contributed by atoms with Crippen molar-refractivity contribution in [2.45, 2.75) is 59.0 Å². The second-order valence-electron chi connectivity index (χ2n) is 8.10. The Bertz CT molecular complexity index is 776. The average molecular weight is 370 g/mol. The Morgan fingerprint density at radius 3 is 2.67 bits per heavy atom. The second-order valence-corrected chi connectivity index (χ2v) is 8.10. The maximum atomic E-state index is 12.5. The number of carbonyl (C=O) groups is 1. The van der Waals surface area contributed by atoms with Crippen molar-refractivity contribution in [3.8, 4) is 11.4 Å². The molecule has 0 saturated carbocycles. The van der Waals surface area contributed by atoms with Crippen LogP contribution in [0.25, 0.3) is 11.4 Å². The van der Waals surface area contributed by atoms with Gasteiger partial charge in [0.1, 0.15) is 0 Å². The van der Waals surface area contributed by atoms with Crippen LogP contribution < -0.4 is 5.32 Å². The van der Waals surface area contributed by atoms with E-state index in [2.05, 4.69) is 41.1 Å². The van der Waals surface area contributed by atoms with E-state index < -0.39 is 0 Å². The third kappa shape index (κ3) is 4.95. The molecule has 0 spiro atoms. The first-order chi connectivity index (χ1) is 12.9. The molecule has 1 saturated heterocycles. The number of hydrogen-bond acceptors (Lipinski definition) is 5. The quantitative estimate of drug-likeness (QED) is 0.842. The van der Waals surface area contributed by atoms with Crippen LogP contribution in [0.4, 0.5) is 0 Å². The summed E-state index contributed by atoms with van der Waals surface area (Å²) in [5.74, 6) is 1.54. The lowest BCUT2D eigenvalue weighted by molar-refractivity contribution is -0.128. The predicted molar refractivity (Wildman–Crippen MR) is 105 cm³/mol. The van der Waals surface area contributed by atoms with E-state index >= 15 is 0 Å². The highest BCUT2D eigenvalue weighted by Crippen LogP contribution is 2.23. The van der Waals surface area contributed by atoms with Crippen molar-refractivity contribution >= 4 is 5.91 Å². The van der Waals surface area contributed by atoms with Crippen LogP contribution >= 0.6 is 0 Å². The molecule has 1 aromatic carbocycles. The van der Waals surface area contributed by atoms with Gasteiger partial charge in [-0.3, -0.25) is 9.69 Å². The average Bonchev–Trinajstić information content (AvgIpc) is 3.10. The molecule has 0 radical (unpaired) electrons. The van der Waals surface area contributed by atoms with E-state index in [9.17, 15) is 4.79 Å². The Labute approximate surface area is 161 Å². The Kier molecular flexibility index (Phi) is 5.95. The number of rotatable bonds is 6. The van der Waals surface area contributed by atoms with E-state index in [-0.39, 0.29) is 17.4 Å². The van der Waals surface area contributed by atoms with Crippen LogP contribution in [0.3, 0.4) is 0 Å². The summed E-state index contributed by atoms with van der Waals surface area (Å²) in [6.45, 7) is 10.6. The number of aryl methyl sites for hydroxylation is 1. The van der Waals surface area contributed by atoms with Gasteiger partial charge < -0.3 is 9.84 Å². The molecule has 0 atom stereocenters. The Morgan fingerprint density at radius 1 is 1.30 bits per heavy atom. The van der Waals surface area contributed by atoms with Gasteiger partial charge in [0.2, 0.25) is 17.6 Å². The fourth-order valence-electron chi connectivity index (χ4n) is 3.32. The molecule has 0 bridgehead atoms. The summed E-state index contributed by atoms with van der Waals surface area (Å²) >= 11 is 0. The third-order valence-electron chi connectivity index (χ3n) is 5.52.